The van der Waals surface area contributed by atoms with Crippen molar-refractivity contribution in [1.82, 2.24) is 0 Å². The fourth-order valence-corrected chi connectivity index (χ4v) is 0.685. The molecule has 0 radical (unpaired) electrons. The molecule has 8 heavy (non-hydrogen) atoms. The van der Waals surface area contributed by atoms with Crippen LogP contribution in [0.3, 0.4) is 0 Å². The maximum atomic E-state index is 12.3. The lowest BCUT2D eigenvalue weighted by molar-refractivity contribution is 0.252. The molecule has 0 saturated carbocycles. The van der Waals surface area contributed by atoms with Crippen molar-refractivity contribution in [3.8, 4) is 0 Å². The van der Waals surface area contributed by atoms with Crippen LogP contribution in [0.4, 0.5) is 4.39 Å². The second-order valence-electron chi connectivity index (χ2n) is 2.44. The number of hydrogen-bond acceptors (Lipinski definition) is 0. The monoisotopic (exact) mass is 118 g/mol. The molecule has 0 aliphatic carbocycles. The zero-order chi connectivity index (χ0) is 6.57. The highest BCUT2D eigenvalue weighted by molar-refractivity contribution is 4.57. The minimum atomic E-state index is -0.630. The Morgan fingerprint density at radius 2 is 1.88 bits per heavy atom. The second kappa shape index (κ2) is 3.88. The highest BCUT2D eigenvalue weighted by atomic mass is 19.1. The molecule has 50 valence electrons. The Hall–Kier alpha value is -0.0700. The predicted molar refractivity (Wildman–Crippen MR) is 34.6 cm³/mol. The summed E-state index contributed by atoms with van der Waals surface area (Å²) < 4.78 is 12.3. The van der Waals surface area contributed by atoms with Gasteiger partial charge in [0.1, 0.15) is 0 Å². The highest BCUT2D eigenvalue weighted by Gasteiger charge is 2.07. The Morgan fingerprint density at radius 1 is 1.38 bits per heavy atom. The molecule has 0 aromatic heterocycles. The van der Waals surface area contributed by atoms with Crippen LogP contribution in [0.1, 0.15) is 33.6 Å². The summed E-state index contributed by atoms with van der Waals surface area (Å²) in [5, 5.41) is 0. The van der Waals surface area contributed by atoms with E-state index in [1.54, 1.807) is 6.92 Å². The molecule has 0 heterocycles. The fraction of sp³-hybridized carbons (Fsp3) is 1.00. The average molecular weight is 118 g/mol. The van der Waals surface area contributed by atoms with Crippen molar-refractivity contribution in [1.29, 1.82) is 0 Å². The topological polar surface area (TPSA) is 0 Å². The Bertz CT molecular complexity index is 50.3. The van der Waals surface area contributed by atoms with Crippen molar-refractivity contribution in [2.75, 3.05) is 0 Å². The molecule has 0 amide bonds. The van der Waals surface area contributed by atoms with Crippen molar-refractivity contribution >= 4 is 0 Å². The maximum absolute atomic E-state index is 12.3. The number of halogens is 1. The summed E-state index contributed by atoms with van der Waals surface area (Å²) in [6.45, 7) is 5.66. The van der Waals surface area contributed by atoms with E-state index in [0.717, 1.165) is 12.8 Å². The first-order valence-corrected chi connectivity index (χ1v) is 3.32. The normalized spacial score (nSPS) is 18.0. The number of rotatable bonds is 3. The minimum Gasteiger partial charge on any atom is -0.248 e. The summed E-state index contributed by atoms with van der Waals surface area (Å²) in [6.07, 6.45) is 1.47. The lowest BCUT2D eigenvalue weighted by atomic mass is 10.0. The van der Waals surface area contributed by atoms with Crippen molar-refractivity contribution in [3.63, 3.8) is 0 Å². The molecule has 0 rings (SSSR count). The third-order valence-corrected chi connectivity index (χ3v) is 1.53. The van der Waals surface area contributed by atoms with Gasteiger partial charge in [-0.15, -0.1) is 0 Å². The minimum absolute atomic E-state index is 0.250. The molecule has 0 aromatic carbocycles. The molecule has 0 bridgehead atoms. The van der Waals surface area contributed by atoms with Crippen LogP contribution in [0.2, 0.25) is 0 Å². The van der Waals surface area contributed by atoms with Crippen LogP contribution in [-0.4, -0.2) is 6.17 Å². The first-order chi connectivity index (χ1) is 3.68. The van der Waals surface area contributed by atoms with Crippen molar-refractivity contribution in [2.24, 2.45) is 5.92 Å². The Balaban J connectivity index is 3.17. The highest BCUT2D eigenvalue weighted by Crippen LogP contribution is 2.11. The van der Waals surface area contributed by atoms with E-state index in [2.05, 4.69) is 6.92 Å². The molecule has 0 aromatic rings. The van der Waals surface area contributed by atoms with Crippen molar-refractivity contribution in [2.45, 2.75) is 39.8 Å². The maximum Gasteiger partial charge on any atom is 0.0998 e. The summed E-state index contributed by atoms with van der Waals surface area (Å²) in [6, 6.07) is 0. The summed E-state index contributed by atoms with van der Waals surface area (Å²) in [4.78, 5) is 0. The number of alkyl halides is 1. The van der Waals surface area contributed by atoms with E-state index in [0.29, 0.717) is 0 Å². The van der Waals surface area contributed by atoms with Gasteiger partial charge in [-0.3, -0.25) is 0 Å². The van der Waals surface area contributed by atoms with Gasteiger partial charge in [0.25, 0.3) is 0 Å². The molecule has 1 heteroatoms. The Morgan fingerprint density at radius 3 is 2.00 bits per heavy atom. The SMILES string of the molecule is CCC[C@H](C)[C@@H](C)F. The quantitative estimate of drug-likeness (QED) is 0.534. The van der Waals surface area contributed by atoms with Crippen LogP contribution in [-0.2, 0) is 0 Å². The van der Waals surface area contributed by atoms with Crippen LogP contribution in [0, 0.1) is 5.92 Å². The summed E-state index contributed by atoms with van der Waals surface area (Å²) in [7, 11) is 0. The van der Waals surface area contributed by atoms with Crippen LogP contribution >= 0.6 is 0 Å². The van der Waals surface area contributed by atoms with Gasteiger partial charge >= 0.3 is 0 Å². The Kier molecular flexibility index (Phi) is 3.84. The lowest BCUT2D eigenvalue weighted by Gasteiger charge is -2.09. The van der Waals surface area contributed by atoms with Gasteiger partial charge in [0.2, 0.25) is 0 Å². The molecule has 0 saturated heterocycles. The summed E-state index contributed by atoms with van der Waals surface area (Å²) in [5.74, 6) is 0.250. The average Bonchev–Trinajstić information content (AvgIpc) is 1.67. The molecule has 0 aliphatic rings. The third-order valence-electron chi connectivity index (χ3n) is 1.53. The first-order valence-electron chi connectivity index (χ1n) is 3.32. The van der Waals surface area contributed by atoms with Gasteiger partial charge in [-0.2, -0.15) is 0 Å². The Labute approximate surface area is 51.1 Å². The van der Waals surface area contributed by atoms with E-state index in [9.17, 15) is 4.39 Å². The third kappa shape index (κ3) is 3.00. The molecule has 2 atom stereocenters. The van der Waals surface area contributed by atoms with Crippen LogP contribution in [0.5, 0.6) is 0 Å². The van der Waals surface area contributed by atoms with E-state index in [1.165, 1.54) is 0 Å². The molecule has 0 nitrogen and oxygen atoms in total. The molecular formula is C7H15F. The largest absolute Gasteiger partial charge is 0.248 e. The van der Waals surface area contributed by atoms with Gasteiger partial charge < -0.3 is 0 Å². The molecule has 0 spiro atoms. The zero-order valence-electron chi connectivity index (χ0n) is 5.95. The predicted octanol–water partition coefficient (Wildman–Crippen LogP) is 2.78. The summed E-state index contributed by atoms with van der Waals surface area (Å²) >= 11 is 0. The van der Waals surface area contributed by atoms with E-state index in [-0.39, 0.29) is 5.92 Å². The lowest BCUT2D eigenvalue weighted by Crippen LogP contribution is -2.06. The standard InChI is InChI=1S/C7H15F/c1-4-5-6(2)7(3)8/h6-7H,4-5H2,1-3H3/t6-,7+/m0/s1. The molecule has 0 N–H and O–H groups in total. The van der Waals surface area contributed by atoms with E-state index < -0.39 is 6.17 Å². The second-order valence-corrected chi connectivity index (χ2v) is 2.44. The zero-order valence-corrected chi connectivity index (χ0v) is 5.95. The number of hydrogen-bond donors (Lipinski definition) is 0. The van der Waals surface area contributed by atoms with Crippen LogP contribution in [0.15, 0.2) is 0 Å². The molecular weight excluding hydrogens is 103 g/mol. The van der Waals surface area contributed by atoms with E-state index in [4.69, 9.17) is 0 Å². The van der Waals surface area contributed by atoms with E-state index >= 15 is 0 Å². The van der Waals surface area contributed by atoms with Gasteiger partial charge in [0.05, 0.1) is 6.17 Å². The fourth-order valence-electron chi connectivity index (χ4n) is 0.685. The van der Waals surface area contributed by atoms with Crippen LogP contribution < -0.4 is 0 Å². The molecule has 0 fully saturated rings. The molecule has 0 aliphatic heterocycles. The van der Waals surface area contributed by atoms with Crippen LogP contribution in [0.25, 0.3) is 0 Å². The van der Waals surface area contributed by atoms with Crippen molar-refractivity contribution in [3.05, 3.63) is 0 Å². The van der Waals surface area contributed by atoms with Gasteiger partial charge in [-0.05, 0) is 19.3 Å². The van der Waals surface area contributed by atoms with E-state index in [1.807, 2.05) is 6.92 Å². The summed E-state index contributed by atoms with van der Waals surface area (Å²) in [5.41, 5.74) is 0. The van der Waals surface area contributed by atoms with Gasteiger partial charge in [-0.1, -0.05) is 20.3 Å². The van der Waals surface area contributed by atoms with Gasteiger partial charge in [-0.25, -0.2) is 4.39 Å². The van der Waals surface area contributed by atoms with Gasteiger partial charge in [0.15, 0.2) is 0 Å². The molecule has 0 unspecified atom stereocenters. The smallest absolute Gasteiger partial charge is 0.0998 e. The van der Waals surface area contributed by atoms with Crippen molar-refractivity contribution < 1.29 is 4.39 Å². The first kappa shape index (κ1) is 7.93. The van der Waals surface area contributed by atoms with Gasteiger partial charge in [0, 0.05) is 0 Å².